The van der Waals surface area contributed by atoms with Gasteiger partial charge in [-0.2, -0.15) is 0 Å². The number of ketones is 1. The molecule has 2 fully saturated rings. The normalized spacial score (nSPS) is 26.7. The molecule has 2 saturated heterocycles. The van der Waals surface area contributed by atoms with E-state index in [-0.39, 0.29) is 0 Å². The minimum Gasteiger partial charge on any atom is -0.364 e. The van der Waals surface area contributed by atoms with Crippen LogP contribution in [-0.4, -0.2) is 17.9 Å². The lowest BCUT2D eigenvalue weighted by Gasteiger charge is -2.48. The number of nitrogens with zero attached hydrogens (tertiary/aromatic N) is 1. The molecule has 19 heavy (non-hydrogen) atoms. The highest BCUT2D eigenvalue weighted by molar-refractivity contribution is 5.83. The second-order valence-electron chi connectivity index (χ2n) is 6.34. The van der Waals surface area contributed by atoms with Gasteiger partial charge in [-0.05, 0) is 51.2 Å². The zero-order valence-corrected chi connectivity index (χ0v) is 12.2. The van der Waals surface area contributed by atoms with Crippen LogP contribution in [0, 0.1) is 20.8 Å². The van der Waals surface area contributed by atoms with Crippen LogP contribution >= 0.6 is 0 Å². The van der Waals surface area contributed by atoms with E-state index in [4.69, 9.17) is 0 Å². The van der Waals surface area contributed by atoms with Crippen molar-refractivity contribution in [3.63, 3.8) is 0 Å². The molecular weight excluding hydrogens is 234 g/mol. The number of anilines is 1. The topological polar surface area (TPSA) is 20.3 Å². The monoisotopic (exact) mass is 257 g/mol. The van der Waals surface area contributed by atoms with Gasteiger partial charge in [0.1, 0.15) is 5.78 Å². The Kier molecular flexibility index (Phi) is 3.12. The van der Waals surface area contributed by atoms with Gasteiger partial charge in [0.2, 0.25) is 0 Å². The summed E-state index contributed by atoms with van der Waals surface area (Å²) in [5, 5.41) is 0. The average molecular weight is 257 g/mol. The molecule has 2 bridgehead atoms. The number of Topliss-reactive ketones (excluding diaryl/α,β-unsaturated/α-hetero) is 1. The van der Waals surface area contributed by atoms with E-state index < -0.39 is 0 Å². The summed E-state index contributed by atoms with van der Waals surface area (Å²) in [5.74, 6) is 0.466. The third-order valence-electron chi connectivity index (χ3n) is 4.68. The van der Waals surface area contributed by atoms with Gasteiger partial charge in [0.15, 0.2) is 0 Å². The second-order valence-corrected chi connectivity index (χ2v) is 6.34. The summed E-state index contributed by atoms with van der Waals surface area (Å²) >= 11 is 0. The molecule has 0 aliphatic carbocycles. The Morgan fingerprint density at radius 2 is 1.53 bits per heavy atom. The summed E-state index contributed by atoms with van der Waals surface area (Å²) in [7, 11) is 0. The molecule has 2 heterocycles. The Bertz CT molecular complexity index is 481. The molecule has 0 saturated carbocycles. The highest BCUT2D eigenvalue weighted by atomic mass is 16.1. The standard InChI is InChI=1S/C17H23NO/c1-11-7-12(2)17(13(3)8-11)18-14-5-4-6-15(18)10-16(19)9-14/h7-8,14-15H,4-6,9-10H2,1-3H3. The van der Waals surface area contributed by atoms with Crippen molar-refractivity contribution in [3.05, 3.63) is 28.8 Å². The maximum absolute atomic E-state index is 11.9. The van der Waals surface area contributed by atoms with Crippen molar-refractivity contribution < 1.29 is 4.79 Å². The zero-order chi connectivity index (χ0) is 13.6. The lowest BCUT2D eigenvalue weighted by molar-refractivity contribution is -0.121. The van der Waals surface area contributed by atoms with Crippen LogP contribution in [0.1, 0.15) is 48.8 Å². The molecule has 0 N–H and O–H groups in total. The van der Waals surface area contributed by atoms with Crippen molar-refractivity contribution in [1.29, 1.82) is 0 Å². The molecule has 2 heteroatoms. The quantitative estimate of drug-likeness (QED) is 0.764. The summed E-state index contributed by atoms with van der Waals surface area (Å²) in [4.78, 5) is 14.4. The van der Waals surface area contributed by atoms with E-state index in [2.05, 4.69) is 37.8 Å². The number of piperidine rings is 2. The van der Waals surface area contributed by atoms with Gasteiger partial charge in [0.05, 0.1) is 0 Å². The van der Waals surface area contributed by atoms with E-state index in [9.17, 15) is 4.79 Å². The Balaban J connectivity index is 2.04. The van der Waals surface area contributed by atoms with Crippen LogP contribution in [0.3, 0.4) is 0 Å². The zero-order valence-electron chi connectivity index (χ0n) is 12.2. The first-order valence-corrected chi connectivity index (χ1v) is 7.44. The minimum atomic E-state index is 0.445. The molecule has 1 aromatic carbocycles. The van der Waals surface area contributed by atoms with Crippen molar-refractivity contribution in [2.75, 3.05) is 4.90 Å². The Morgan fingerprint density at radius 3 is 2.05 bits per heavy atom. The molecule has 0 spiro atoms. The lowest BCUT2D eigenvalue weighted by Crippen LogP contribution is -2.53. The van der Waals surface area contributed by atoms with Crippen LogP contribution in [0.15, 0.2) is 12.1 Å². The number of hydrogen-bond donors (Lipinski definition) is 0. The van der Waals surface area contributed by atoms with Crippen LogP contribution in [-0.2, 0) is 4.79 Å². The molecule has 0 aromatic heterocycles. The van der Waals surface area contributed by atoms with Crippen LogP contribution in [0.5, 0.6) is 0 Å². The number of hydrogen-bond acceptors (Lipinski definition) is 2. The molecule has 2 unspecified atom stereocenters. The number of carbonyl (C=O) groups excluding carboxylic acids is 1. The van der Waals surface area contributed by atoms with Crippen LogP contribution in [0.25, 0.3) is 0 Å². The fourth-order valence-corrected chi connectivity index (χ4v) is 4.12. The summed E-state index contributed by atoms with van der Waals surface area (Å²) in [5.41, 5.74) is 5.46. The van der Waals surface area contributed by atoms with E-state index in [1.165, 1.54) is 41.6 Å². The van der Waals surface area contributed by atoms with Gasteiger partial charge in [0.25, 0.3) is 0 Å². The molecule has 0 amide bonds. The molecule has 3 rings (SSSR count). The van der Waals surface area contributed by atoms with E-state index in [1.807, 2.05) is 0 Å². The smallest absolute Gasteiger partial charge is 0.137 e. The highest BCUT2D eigenvalue weighted by Crippen LogP contribution is 2.39. The van der Waals surface area contributed by atoms with Gasteiger partial charge in [0, 0.05) is 30.6 Å². The van der Waals surface area contributed by atoms with Crippen molar-refractivity contribution in [2.24, 2.45) is 0 Å². The number of benzene rings is 1. The molecule has 2 aliphatic rings. The Hall–Kier alpha value is -1.31. The summed E-state index contributed by atoms with van der Waals surface area (Å²) < 4.78 is 0. The first-order valence-electron chi connectivity index (χ1n) is 7.44. The molecule has 2 nitrogen and oxygen atoms in total. The molecular formula is C17H23NO. The van der Waals surface area contributed by atoms with Crippen LogP contribution in [0.4, 0.5) is 5.69 Å². The van der Waals surface area contributed by atoms with E-state index in [1.54, 1.807) is 0 Å². The second kappa shape index (κ2) is 4.66. The summed E-state index contributed by atoms with van der Waals surface area (Å²) in [6.45, 7) is 6.58. The van der Waals surface area contributed by atoms with Gasteiger partial charge in [-0.1, -0.05) is 17.7 Å². The minimum absolute atomic E-state index is 0.445. The lowest BCUT2D eigenvalue weighted by atomic mass is 9.82. The predicted octanol–water partition coefficient (Wildman–Crippen LogP) is 3.70. The van der Waals surface area contributed by atoms with Crippen molar-refractivity contribution >= 4 is 11.5 Å². The first-order chi connectivity index (χ1) is 9.06. The summed E-state index contributed by atoms with van der Waals surface area (Å²) in [6.07, 6.45) is 5.14. The third kappa shape index (κ3) is 2.18. The van der Waals surface area contributed by atoms with Crippen LogP contribution in [0.2, 0.25) is 0 Å². The van der Waals surface area contributed by atoms with Crippen molar-refractivity contribution in [2.45, 2.75) is 65.0 Å². The number of carbonyl (C=O) groups is 1. The molecule has 2 aliphatic heterocycles. The average Bonchev–Trinajstić information content (AvgIpc) is 2.28. The first kappa shape index (κ1) is 12.7. The van der Waals surface area contributed by atoms with Crippen molar-refractivity contribution in [1.82, 2.24) is 0 Å². The van der Waals surface area contributed by atoms with Gasteiger partial charge in [-0.3, -0.25) is 4.79 Å². The van der Waals surface area contributed by atoms with Crippen LogP contribution < -0.4 is 4.90 Å². The largest absolute Gasteiger partial charge is 0.364 e. The fraction of sp³-hybridized carbons (Fsp3) is 0.588. The van der Waals surface area contributed by atoms with Gasteiger partial charge < -0.3 is 4.90 Å². The third-order valence-corrected chi connectivity index (χ3v) is 4.68. The number of rotatable bonds is 1. The molecule has 2 atom stereocenters. The van der Waals surface area contributed by atoms with Gasteiger partial charge in [-0.25, -0.2) is 0 Å². The maximum Gasteiger partial charge on any atom is 0.137 e. The number of aryl methyl sites for hydroxylation is 3. The molecule has 0 radical (unpaired) electrons. The van der Waals surface area contributed by atoms with E-state index >= 15 is 0 Å². The van der Waals surface area contributed by atoms with Gasteiger partial charge >= 0.3 is 0 Å². The Labute approximate surface area is 115 Å². The Morgan fingerprint density at radius 1 is 1.00 bits per heavy atom. The molecule has 102 valence electrons. The number of fused-ring (bicyclic) bond motifs is 2. The summed E-state index contributed by atoms with van der Waals surface area (Å²) in [6, 6.07) is 5.43. The predicted molar refractivity (Wildman–Crippen MR) is 78.8 cm³/mol. The maximum atomic E-state index is 11.9. The van der Waals surface area contributed by atoms with E-state index in [0.717, 1.165) is 12.8 Å². The molecule has 1 aromatic rings. The van der Waals surface area contributed by atoms with Gasteiger partial charge in [-0.15, -0.1) is 0 Å². The van der Waals surface area contributed by atoms with Crippen molar-refractivity contribution in [3.8, 4) is 0 Å². The van der Waals surface area contributed by atoms with E-state index in [0.29, 0.717) is 17.9 Å². The fourth-order valence-electron chi connectivity index (χ4n) is 4.12. The highest BCUT2D eigenvalue weighted by Gasteiger charge is 2.38. The SMILES string of the molecule is Cc1cc(C)c(N2C3CCCC2CC(=O)C3)c(C)c1.